The average molecular weight is 207 g/mol. The zero-order chi connectivity index (χ0) is 9.56. The number of carboxylic acids is 1. The smallest absolute Gasteiger partial charge is 0.300 e. The van der Waals surface area contributed by atoms with Crippen molar-refractivity contribution in [3.8, 4) is 0 Å². The minimum Gasteiger partial charge on any atom is -0.481 e. The number of rotatable bonds is 0. The number of hydrogen-bond acceptors (Lipinski definition) is 1. The Labute approximate surface area is 80.7 Å². The topological polar surface area (TPSA) is 37.3 Å². The number of aliphatic carboxylic acids is 1. The van der Waals surface area contributed by atoms with Crippen molar-refractivity contribution in [3.05, 3.63) is 34.3 Å². The number of halogens is 2. The summed E-state index contributed by atoms with van der Waals surface area (Å²) in [5, 5.41) is 8.77. The molecule has 1 aromatic carbocycles. The van der Waals surface area contributed by atoms with Crippen LogP contribution >= 0.6 is 23.2 Å². The molecule has 0 unspecified atom stereocenters. The van der Waals surface area contributed by atoms with Crippen molar-refractivity contribution in [2.24, 2.45) is 0 Å². The molecule has 2 nitrogen and oxygen atoms in total. The van der Waals surface area contributed by atoms with Crippen LogP contribution < -0.4 is 0 Å². The summed E-state index contributed by atoms with van der Waals surface area (Å²) in [5.41, 5.74) is 0. The molecule has 0 aliphatic heterocycles. The first-order valence-corrected chi connectivity index (χ1v) is 3.88. The van der Waals surface area contributed by atoms with Crippen LogP contribution in [0, 0.1) is 0 Å². The van der Waals surface area contributed by atoms with E-state index in [4.69, 9.17) is 33.1 Å². The molecule has 12 heavy (non-hydrogen) atoms. The van der Waals surface area contributed by atoms with E-state index < -0.39 is 5.97 Å². The van der Waals surface area contributed by atoms with Crippen LogP contribution in [0.5, 0.6) is 0 Å². The van der Waals surface area contributed by atoms with Crippen LogP contribution in [0.2, 0.25) is 10.0 Å². The fourth-order valence-electron chi connectivity index (χ4n) is 0.460. The SMILES string of the molecule is CC(=O)O.Clc1cccc(Cl)c1. The Morgan fingerprint density at radius 3 is 1.83 bits per heavy atom. The van der Waals surface area contributed by atoms with Crippen molar-refractivity contribution in [2.45, 2.75) is 6.92 Å². The van der Waals surface area contributed by atoms with Crippen molar-refractivity contribution >= 4 is 29.2 Å². The van der Waals surface area contributed by atoms with Gasteiger partial charge in [-0.3, -0.25) is 4.79 Å². The van der Waals surface area contributed by atoms with Gasteiger partial charge >= 0.3 is 0 Å². The molecule has 0 bridgehead atoms. The fraction of sp³-hybridized carbons (Fsp3) is 0.125. The van der Waals surface area contributed by atoms with Crippen LogP contribution in [-0.2, 0) is 4.79 Å². The summed E-state index contributed by atoms with van der Waals surface area (Å²) in [6, 6.07) is 7.08. The van der Waals surface area contributed by atoms with E-state index in [1.165, 1.54) is 0 Å². The zero-order valence-corrected chi connectivity index (χ0v) is 7.93. The number of benzene rings is 1. The molecule has 0 spiro atoms. The lowest BCUT2D eigenvalue weighted by atomic mass is 10.4. The van der Waals surface area contributed by atoms with Gasteiger partial charge in [-0.25, -0.2) is 0 Å². The third-order valence-corrected chi connectivity index (χ3v) is 1.26. The number of carboxylic acid groups (broad SMARTS) is 1. The second-order valence-corrected chi connectivity index (χ2v) is 2.83. The number of hydrogen-bond donors (Lipinski definition) is 1. The van der Waals surface area contributed by atoms with Gasteiger partial charge in [0.15, 0.2) is 0 Å². The van der Waals surface area contributed by atoms with E-state index in [-0.39, 0.29) is 0 Å². The molecular formula is C8H8Cl2O2. The molecule has 0 fully saturated rings. The maximum atomic E-state index is 9.00. The fourth-order valence-corrected chi connectivity index (χ4v) is 0.896. The molecule has 0 saturated heterocycles. The average Bonchev–Trinajstić information content (AvgIpc) is 1.84. The van der Waals surface area contributed by atoms with Crippen molar-refractivity contribution in [1.82, 2.24) is 0 Å². The zero-order valence-electron chi connectivity index (χ0n) is 6.42. The standard InChI is InChI=1S/C6H4Cl2.C2H4O2/c7-5-2-1-3-6(8)4-5;1-2(3)4/h1-4H;1H3,(H,3,4). The molecule has 1 rings (SSSR count). The van der Waals surface area contributed by atoms with Crippen LogP contribution in [0.25, 0.3) is 0 Å². The van der Waals surface area contributed by atoms with Crippen LogP contribution in [0.4, 0.5) is 0 Å². The first kappa shape index (κ1) is 11.3. The van der Waals surface area contributed by atoms with E-state index in [0.29, 0.717) is 10.0 Å². The third kappa shape index (κ3) is 7.38. The van der Waals surface area contributed by atoms with Gasteiger partial charge in [0, 0.05) is 17.0 Å². The Kier molecular flexibility index (Phi) is 5.51. The highest BCUT2D eigenvalue weighted by Crippen LogP contribution is 2.13. The molecule has 0 radical (unpaired) electrons. The van der Waals surface area contributed by atoms with E-state index in [2.05, 4.69) is 0 Å². The second-order valence-electron chi connectivity index (χ2n) is 1.96. The van der Waals surface area contributed by atoms with Gasteiger partial charge in [-0.05, 0) is 18.2 Å². The first-order valence-electron chi connectivity index (χ1n) is 3.13. The minimum absolute atomic E-state index is 0.678. The Morgan fingerprint density at radius 1 is 1.33 bits per heavy atom. The van der Waals surface area contributed by atoms with Crippen molar-refractivity contribution in [3.63, 3.8) is 0 Å². The summed E-state index contributed by atoms with van der Waals surface area (Å²) in [4.78, 5) is 9.00. The van der Waals surface area contributed by atoms with Crippen LogP contribution in [-0.4, -0.2) is 11.1 Å². The molecule has 0 amide bonds. The maximum absolute atomic E-state index is 9.00. The monoisotopic (exact) mass is 206 g/mol. The van der Waals surface area contributed by atoms with E-state index in [1.54, 1.807) is 18.2 Å². The first-order chi connectivity index (χ1) is 5.52. The van der Waals surface area contributed by atoms with Gasteiger partial charge in [0.05, 0.1) is 0 Å². The summed E-state index contributed by atoms with van der Waals surface area (Å²) in [6.07, 6.45) is 0. The van der Waals surface area contributed by atoms with Crippen molar-refractivity contribution < 1.29 is 9.90 Å². The highest BCUT2D eigenvalue weighted by molar-refractivity contribution is 6.34. The number of carbonyl (C=O) groups is 1. The van der Waals surface area contributed by atoms with E-state index in [9.17, 15) is 0 Å². The lowest BCUT2D eigenvalue weighted by Gasteiger charge is -1.86. The van der Waals surface area contributed by atoms with E-state index in [1.807, 2.05) is 6.07 Å². The van der Waals surface area contributed by atoms with E-state index in [0.717, 1.165) is 6.92 Å². The lowest BCUT2D eigenvalue weighted by molar-refractivity contribution is -0.134. The third-order valence-electron chi connectivity index (χ3n) is 0.787. The molecule has 66 valence electrons. The second kappa shape index (κ2) is 5.86. The van der Waals surface area contributed by atoms with Gasteiger partial charge in [-0.1, -0.05) is 29.3 Å². The summed E-state index contributed by atoms with van der Waals surface area (Å²) >= 11 is 11.1. The summed E-state index contributed by atoms with van der Waals surface area (Å²) in [6.45, 7) is 1.08. The molecule has 0 aliphatic rings. The molecule has 1 aromatic rings. The summed E-state index contributed by atoms with van der Waals surface area (Å²) in [5.74, 6) is -0.833. The van der Waals surface area contributed by atoms with E-state index >= 15 is 0 Å². The highest BCUT2D eigenvalue weighted by Gasteiger charge is 1.84. The Morgan fingerprint density at radius 2 is 1.67 bits per heavy atom. The van der Waals surface area contributed by atoms with Gasteiger partial charge < -0.3 is 5.11 Å². The van der Waals surface area contributed by atoms with Gasteiger partial charge in [-0.15, -0.1) is 0 Å². The molecule has 4 heteroatoms. The summed E-state index contributed by atoms with van der Waals surface area (Å²) in [7, 11) is 0. The Hall–Kier alpha value is -0.730. The minimum atomic E-state index is -0.833. The largest absolute Gasteiger partial charge is 0.481 e. The summed E-state index contributed by atoms with van der Waals surface area (Å²) < 4.78 is 0. The van der Waals surface area contributed by atoms with Crippen LogP contribution in [0.1, 0.15) is 6.92 Å². The molecule has 0 heterocycles. The lowest BCUT2D eigenvalue weighted by Crippen LogP contribution is -1.78. The molecule has 0 atom stereocenters. The van der Waals surface area contributed by atoms with Gasteiger partial charge in [0.25, 0.3) is 5.97 Å². The van der Waals surface area contributed by atoms with Crippen LogP contribution in [0.3, 0.4) is 0 Å². The van der Waals surface area contributed by atoms with Crippen molar-refractivity contribution in [1.29, 1.82) is 0 Å². The quantitative estimate of drug-likeness (QED) is 0.709. The van der Waals surface area contributed by atoms with Crippen molar-refractivity contribution in [2.75, 3.05) is 0 Å². The predicted octanol–water partition coefficient (Wildman–Crippen LogP) is 3.08. The molecular weight excluding hydrogens is 199 g/mol. The van der Waals surface area contributed by atoms with Gasteiger partial charge in [0.1, 0.15) is 0 Å². The maximum Gasteiger partial charge on any atom is 0.300 e. The Balaban J connectivity index is 0.000000261. The van der Waals surface area contributed by atoms with Gasteiger partial charge in [-0.2, -0.15) is 0 Å². The molecule has 1 N–H and O–H groups in total. The normalized spacial score (nSPS) is 8.25. The highest BCUT2D eigenvalue weighted by atomic mass is 35.5. The molecule has 0 aromatic heterocycles. The predicted molar refractivity (Wildman–Crippen MR) is 49.8 cm³/mol. The molecule has 0 aliphatic carbocycles. The molecule has 0 saturated carbocycles. The van der Waals surface area contributed by atoms with Gasteiger partial charge in [0.2, 0.25) is 0 Å². The Bertz CT molecular complexity index is 240. The van der Waals surface area contributed by atoms with Crippen LogP contribution in [0.15, 0.2) is 24.3 Å².